The van der Waals surface area contributed by atoms with Crippen molar-refractivity contribution in [3.8, 4) is 34.4 Å². The zero-order chi connectivity index (χ0) is 25.0. The van der Waals surface area contributed by atoms with E-state index in [0.29, 0.717) is 5.56 Å². The van der Waals surface area contributed by atoms with Crippen molar-refractivity contribution in [3.63, 3.8) is 0 Å². The highest BCUT2D eigenvalue weighted by molar-refractivity contribution is 6.19. The maximum Gasteiger partial charge on any atom is 0.100 e. The van der Waals surface area contributed by atoms with Gasteiger partial charge in [-0.05, 0) is 79.5 Å². The lowest BCUT2D eigenvalue weighted by molar-refractivity contribution is 0.639. The highest BCUT2D eigenvalue weighted by Gasteiger charge is 2.41. The molecule has 0 amide bonds. The Hall–Kier alpha value is -4.40. The summed E-state index contributed by atoms with van der Waals surface area (Å²) in [7, 11) is 0. The molecular weight excluding hydrogens is 436 g/mol. The van der Waals surface area contributed by atoms with Crippen LogP contribution in [0, 0.1) is 22.7 Å². The van der Waals surface area contributed by atoms with Crippen LogP contribution in [0.25, 0.3) is 43.8 Å². The van der Waals surface area contributed by atoms with Gasteiger partial charge in [0.15, 0.2) is 0 Å². The number of hydrogen-bond donors (Lipinski definition) is 0. The largest absolute Gasteiger partial charge is 0.192 e. The Morgan fingerprint density at radius 3 is 1.94 bits per heavy atom. The molecule has 0 aromatic heterocycles. The molecule has 0 saturated carbocycles. The summed E-state index contributed by atoms with van der Waals surface area (Å²) in [5, 5.41) is 24.1. The van der Waals surface area contributed by atoms with E-state index in [4.69, 9.17) is 0 Å². The maximum atomic E-state index is 10.2. The van der Waals surface area contributed by atoms with Crippen molar-refractivity contribution < 1.29 is 0 Å². The van der Waals surface area contributed by atoms with E-state index in [0.717, 1.165) is 21.7 Å². The lowest BCUT2D eigenvalue weighted by Gasteiger charge is -2.37. The van der Waals surface area contributed by atoms with Crippen LogP contribution in [0.1, 0.15) is 61.1 Å². The lowest BCUT2D eigenvalue weighted by atomic mass is 9.66. The third kappa shape index (κ3) is 2.35. The Kier molecular flexibility index (Phi) is 3.85. The third-order valence-corrected chi connectivity index (χ3v) is 8.72. The number of nitriles is 2. The first kappa shape index (κ1) is 20.9. The topological polar surface area (TPSA) is 47.6 Å². The van der Waals surface area contributed by atoms with Gasteiger partial charge in [-0.3, -0.25) is 0 Å². The molecule has 0 N–H and O–H groups in total. The van der Waals surface area contributed by atoms with Gasteiger partial charge in [-0.15, -0.1) is 0 Å². The normalized spacial score (nSPS) is 15.6. The Balaban J connectivity index is 1.68. The van der Waals surface area contributed by atoms with Gasteiger partial charge in [0.2, 0.25) is 0 Å². The average molecular weight is 461 g/mol. The molecule has 2 aliphatic rings. The van der Waals surface area contributed by atoms with Crippen LogP contribution in [0.5, 0.6) is 0 Å². The number of rotatable bonds is 0. The monoisotopic (exact) mass is 460 g/mol. The molecular formula is C34H24N2. The quantitative estimate of drug-likeness (QED) is 0.218. The smallest absolute Gasteiger partial charge is 0.100 e. The van der Waals surface area contributed by atoms with Crippen molar-refractivity contribution in [3.05, 3.63) is 106 Å². The Morgan fingerprint density at radius 1 is 0.556 bits per heavy atom. The molecule has 0 saturated heterocycles. The van der Waals surface area contributed by atoms with Crippen LogP contribution in [-0.4, -0.2) is 0 Å². The van der Waals surface area contributed by atoms with E-state index in [1.165, 1.54) is 49.9 Å². The van der Waals surface area contributed by atoms with Crippen LogP contribution < -0.4 is 0 Å². The lowest BCUT2D eigenvalue weighted by Crippen LogP contribution is -2.25. The second-order valence-electron chi connectivity index (χ2n) is 11.2. The summed E-state index contributed by atoms with van der Waals surface area (Å²) in [6.07, 6.45) is 0. The van der Waals surface area contributed by atoms with Crippen LogP contribution in [-0.2, 0) is 10.8 Å². The van der Waals surface area contributed by atoms with Gasteiger partial charge < -0.3 is 0 Å². The van der Waals surface area contributed by atoms with Crippen molar-refractivity contribution in [2.75, 3.05) is 0 Å². The summed E-state index contributed by atoms with van der Waals surface area (Å²) in [6.45, 7) is 9.13. The Labute approximate surface area is 211 Å². The predicted molar refractivity (Wildman–Crippen MR) is 146 cm³/mol. The van der Waals surface area contributed by atoms with Crippen molar-refractivity contribution in [2.24, 2.45) is 0 Å². The second-order valence-corrected chi connectivity index (χ2v) is 11.2. The van der Waals surface area contributed by atoms with Crippen molar-refractivity contribution in [1.29, 1.82) is 10.5 Å². The zero-order valence-electron chi connectivity index (χ0n) is 20.8. The van der Waals surface area contributed by atoms with E-state index >= 15 is 0 Å². The number of benzene rings is 5. The van der Waals surface area contributed by atoms with Gasteiger partial charge in [0.05, 0.1) is 17.2 Å². The van der Waals surface area contributed by atoms with Crippen LogP contribution in [0.4, 0.5) is 0 Å². The molecule has 170 valence electrons. The summed E-state index contributed by atoms with van der Waals surface area (Å²) < 4.78 is 0. The minimum absolute atomic E-state index is 0.213. The zero-order valence-corrected chi connectivity index (χ0v) is 20.8. The summed E-state index contributed by atoms with van der Waals surface area (Å²) in [4.78, 5) is 0. The molecule has 2 aliphatic carbocycles. The van der Waals surface area contributed by atoms with E-state index in [-0.39, 0.29) is 10.8 Å². The van der Waals surface area contributed by atoms with Gasteiger partial charge in [0.25, 0.3) is 0 Å². The fourth-order valence-electron chi connectivity index (χ4n) is 6.87. The molecule has 0 radical (unpaired) electrons. The van der Waals surface area contributed by atoms with Crippen molar-refractivity contribution in [1.82, 2.24) is 0 Å². The molecule has 0 atom stereocenters. The van der Waals surface area contributed by atoms with Crippen LogP contribution in [0.3, 0.4) is 0 Å². The number of fused-ring (bicyclic) bond motifs is 7. The van der Waals surface area contributed by atoms with Gasteiger partial charge >= 0.3 is 0 Å². The van der Waals surface area contributed by atoms with Gasteiger partial charge in [-0.1, -0.05) is 76.2 Å². The second kappa shape index (κ2) is 6.63. The van der Waals surface area contributed by atoms with E-state index in [2.05, 4.69) is 100 Å². The summed E-state index contributed by atoms with van der Waals surface area (Å²) >= 11 is 0. The summed E-state index contributed by atoms with van der Waals surface area (Å²) in [6, 6.07) is 30.5. The third-order valence-electron chi connectivity index (χ3n) is 8.72. The molecule has 5 aromatic carbocycles. The average Bonchev–Trinajstić information content (AvgIpc) is 3.11. The molecule has 2 nitrogen and oxygen atoms in total. The Bertz CT molecular complexity index is 1910. The first-order valence-electron chi connectivity index (χ1n) is 12.4. The molecule has 2 heteroatoms. The minimum Gasteiger partial charge on any atom is -0.192 e. The highest BCUT2D eigenvalue weighted by atomic mass is 14.4. The van der Waals surface area contributed by atoms with Crippen LogP contribution in [0.2, 0.25) is 0 Å². The molecule has 36 heavy (non-hydrogen) atoms. The van der Waals surface area contributed by atoms with Crippen LogP contribution >= 0.6 is 0 Å². The van der Waals surface area contributed by atoms with Crippen molar-refractivity contribution in [2.45, 2.75) is 38.5 Å². The molecule has 0 aliphatic heterocycles. The standard InChI is InChI=1S/C34H24N2/c1-33(2)27-11-7-10-23-26(18-36)20-8-5-6-9-22(20)31(32(23)27)25-16-29-24(15-30(25)33)21-13-12-19(17-35)14-28(21)34(29,3)4/h5-16H,1-4H3. The van der Waals surface area contributed by atoms with Gasteiger partial charge in [0.1, 0.15) is 6.07 Å². The minimum atomic E-state index is -0.231. The fraction of sp³-hybridized carbons (Fsp3) is 0.176. The molecule has 0 unspecified atom stereocenters. The first-order valence-corrected chi connectivity index (χ1v) is 12.4. The van der Waals surface area contributed by atoms with E-state index in [9.17, 15) is 10.5 Å². The molecule has 0 heterocycles. The molecule has 5 aromatic rings. The molecule has 0 spiro atoms. The van der Waals surface area contributed by atoms with Crippen molar-refractivity contribution >= 4 is 21.5 Å². The first-order chi connectivity index (χ1) is 17.3. The maximum absolute atomic E-state index is 10.2. The van der Waals surface area contributed by atoms with E-state index in [1.54, 1.807) is 0 Å². The van der Waals surface area contributed by atoms with E-state index < -0.39 is 0 Å². The van der Waals surface area contributed by atoms with Gasteiger partial charge in [0, 0.05) is 21.6 Å². The molecule has 0 fully saturated rings. The predicted octanol–water partition coefficient (Wildman–Crippen LogP) is 8.35. The number of hydrogen-bond acceptors (Lipinski definition) is 2. The molecule has 7 rings (SSSR count). The number of nitrogens with zero attached hydrogens (tertiary/aromatic N) is 2. The van der Waals surface area contributed by atoms with Gasteiger partial charge in [-0.2, -0.15) is 10.5 Å². The highest BCUT2D eigenvalue weighted by Crippen LogP contribution is 2.57. The van der Waals surface area contributed by atoms with Crippen LogP contribution in [0.15, 0.2) is 72.8 Å². The fourth-order valence-corrected chi connectivity index (χ4v) is 6.87. The van der Waals surface area contributed by atoms with Gasteiger partial charge in [-0.25, -0.2) is 0 Å². The molecule has 0 bridgehead atoms. The summed E-state index contributed by atoms with van der Waals surface area (Å²) in [5.41, 5.74) is 11.1. The van der Waals surface area contributed by atoms with E-state index in [1.807, 2.05) is 12.1 Å². The SMILES string of the molecule is CC1(C)c2cc(C#N)ccc2-c2cc3c(cc21)-c1c2ccccc2c(C#N)c2cccc(c12)C3(C)C. The Morgan fingerprint density at radius 2 is 1.19 bits per heavy atom. The summed E-state index contributed by atoms with van der Waals surface area (Å²) in [5.74, 6) is 0.